The molecule has 2 heterocycles. The number of carboxylic acids is 1. The molecular weight excluding hydrogens is 260 g/mol. The number of hydrogen-bond acceptors (Lipinski definition) is 4. The molecular formula is C14H18N2O4. The number of carbonyl (C=O) groups excluding carboxylic acids is 1. The molecule has 1 aliphatic heterocycles. The van der Waals surface area contributed by atoms with Gasteiger partial charge in [0.2, 0.25) is 5.91 Å². The topological polar surface area (TPSA) is 88.5 Å². The average molecular weight is 278 g/mol. The third kappa shape index (κ3) is 3.14. The number of aliphatic carboxylic acids is 1. The van der Waals surface area contributed by atoms with Gasteiger partial charge in [0.15, 0.2) is 0 Å². The summed E-state index contributed by atoms with van der Waals surface area (Å²) in [5.74, 6) is -1.11. The molecule has 1 aliphatic rings. The van der Waals surface area contributed by atoms with Crippen molar-refractivity contribution in [2.24, 2.45) is 5.41 Å². The van der Waals surface area contributed by atoms with Crippen LogP contribution in [0.1, 0.15) is 18.9 Å². The maximum Gasteiger partial charge on any atom is 0.313 e. The van der Waals surface area contributed by atoms with E-state index in [0.717, 1.165) is 5.56 Å². The summed E-state index contributed by atoms with van der Waals surface area (Å²) in [5.41, 5.74) is -0.0226. The first-order chi connectivity index (χ1) is 9.52. The number of aromatic nitrogens is 1. The molecule has 2 atom stereocenters. The number of nitrogens with zero attached hydrogens (tertiary/aromatic N) is 1. The van der Waals surface area contributed by atoms with E-state index in [1.165, 1.54) is 0 Å². The lowest BCUT2D eigenvalue weighted by Gasteiger charge is -2.25. The number of pyridine rings is 1. The van der Waals surface area contributed by atoms with Gasteiger partial charge in [-0.05, 0) is 31.0 Å². The van der Waals surface area contributed by atoms with E-state index in [1.807, 2.05) is 12.1 Å². The number of ether oxygens (including phenoxy) is 1. The number of amides is 1. The SMILES string of the molecule is CC1(C(=O)O)COCC1NC(=O)CCc1ccncc1. The van der Waals surface area contributed by atoms with Gasteiger partial charge >= 0.3 is 5.97 Å². The van der Waals surface area contributed by atoms with Crippen LogP contribution in [-0.4, -0.2) is 41.2 Å². The standard InChI is InChI=1S/C14H18N2O4/c1-14(13(18)19)9-20-8-11(14)16-12(17)3-2-10-4-6-15-7-5-10/h4-7,11H,2-3,8-9H2,1H3,(H,16,17)(H,18,19). The fourth-order valence-electron chi connectivity index (χ4n) is 2.16. The minimum absolute atomic E-state index is 0.123. The Kier molecular flexibility index (Phi) is 4.34. The number of nitrogens with one attached hydrogen (secondary N) is 1. The second kappa shape index (κ2) is 6.00. The van der Waals surface area contributed by atoms with Crippen molar-refractivity contribution in [2.75, 3.05) is 13.2 Å². The Hall–Kier alpha value is -1.95. The third-order valence-corrected chi connectivity index (χ3v) is 3.67. The zero-order chi connectivity index (χ0) is 14.6. The molecule has 0 saturated carbocycles. The molecule has 20 heavy (non-hydrogen) atoms. The molecule has 0 bridgehead atoms. The highest BCUT2D eigenvalue weighted by Gasteiger charge is 2.47. The average Bonchev–Trinajstić information content (AvgIpc) is 2.80. The molecule has 6 nitrogen and oxygen atoms in total. The Balaban J connectivity index is 1.87. The van der Waals surface area contributed by atoms with Gasteiger partial charge in [-0.2, -0.15) is 0 Å². The van der Waals surface area contributed by atoms with Crippen LogP contribution in [0.25, 0.3) is 0 Å². The van der Waals surface area contributed by atoms with Crippen LogP contribution >= 0.6 is 0 Å². The number of aryl methyl sites for hydroxylation is 1. The summed E-state index contributed by atoms with van der Waals surface area (Å²) in [7, 11) is 0. The quantitative estimate of drug-likeness (QED) is 0.824. The van der Waals surface area contributed by atoms with Crippen LogP contribution in [0, 0.1) is 5.41 Å². The van der Waals surface area contributed by atoms with E-state index >= 15 is 0 Å². The Morgan fingerprint density at radius 3 is 2.85 bits per heavy atom. The number of rotatable bonds is 5. The molecule has 2 N–H and O–H groups in total. The Morgan fingerprint density at radius 2 is 2.20 bits per heavy atom. The van der Waals surface area contributed by atoms with Gasteiger partial charge in [-0.25, -0.2) is 0 Å². The summed E-state index contributed by atoms with van der Waals surface area (Å²) in [5, 5.41) is 12.0. The fourth-order valence-corrected chi connectivity index (χ4v) is 2.16. The highest BCUT2D eigenvalue weighted by Crippen LogP contribution is 2.28. The van der Waals surface area contributed by atoms with Crippen molar-refractivity contribution in [1.82, 2.24) is 10.3 Å². The molecule has 0 aromatic carbocycles. The molecule has 1 fully saturated rings. The van der Waals surface area contributed by atoms with E-state index in [9.17, 15) is 14.7 Å². The lowest BCUT2D eigenvalue weighted by atomic mass is 9.85. The molecule has 1 amide bonds. The van der Waals surface area contributed by atoms with Crippen molar-refractivity contribution < 1.29 is 19.4 Å². The van der Waals surface area contributed by atoms with Gasteiger partial charge in [0.1, 0.15) is 5.41 Å². The summed E-state index contributed by atoms with van der Waals surface area (Å²) in [4.78, 5) is 27.1. The van der Waals surface area contributed by atoms with Crippen molar-refractivity contribution >= 4 is 11.9 Å². The predicted octanol–water partition coefficient (Wildman–Crippen LogP) is 0.620. The molecule has 6 heteroatoms. The number of carboxylic acid groups (broad SMARTS) is 1. The number of carbonyl (C=O) groups is 2. The van der Waals surface area contributed by atoms with Crippen molar-refractivity contribution in [1.29, 1.82) is 0 Å². The summed E-state index contributed by atoms with van der Waals surface area (Å²) >= 11 is 0. The maximum atomic E-state index is 11.9. The van der Waals surface area contributed by atoms with E-state index in [4.69, 9.17) is 4.74 Å². The highest BCUT2D eigenvalue weighted by molar-refractivity contribution is 5.80. The van der Waals surface area contributed by atoms with E-state index in [2.05, 4.69) is 10.3 Å². The normalized spacial score (nSPS) is 25.4. The minimum Gasteiger partial charge on any atom is -0.481 e. The second-order valence-electron chi connectivity index (χ2n) is 5.21. The van der Waals surface area contributed by atoms with E-state index in [1.54, 1.807) is 19.3 Å². The third-order valence-electron chi connectivity index (χ3n) is 3.67. The second-order valence-corrected chi connectivity index (χ2v) is 5.21. The molecule has 2 rings (SSSR count). The van der Waals surface area contributed by atoms with Crippen LogP contribution in [0.3, 0.4) is 0 Å². The van der Waals surface area contributed by atoms with Gasteiger partial charge in [0, 0.05) is 18.8 Å². The van der Waals surface area contributed by atoms with Gasteiger partial charge in [-0.15, -0.1) is 0 Å². The Morgan fingerprint density at radius 1 is 1.50 bits per heavy atom. The van der Waals surface area contributed by atoms with Crippen molar-refractivity contribution in [2.45, 2.75) is 25.8 Å². The van der Waals surface area contributed by atoms with E-state index in [0.29, 0.717) is 12.8 Å². The zero-order valence-corrected chi connectivity index (χ0v) is 11.3. The highest BCUT2D eigenvalue weighted by atomic mass is 16.5. The van der Waals surface area contributed by atoms with Crippen LogP contribution in [0.15, 0.2) is 24.5 Å². The van der Waals surface area contributed by atoms with Crippen LogP contribution in [0.5, 0.6) is 0 Å². The van der Waals surface area contributed by atoms with Crippen molar-refractivity contribution in [3.05, 3.63) is 30.1 Å². The molecule has 0 aliphatic carbocycles. The van der Waals surface area contributed by atoms with Crippen LogP contribution < -0.4 is 5.32 Å². The molecule has 2 unspecified atom stereocenters. The van der Waals surface area contributed by atoms with Gasteiger partial charge in [0.25, 0.3) is 0 Å². The first kappa shape index (κ1) is 14.5. The smallest absolute Gasteiger partial charge is 0.313 e. The molecule has 0 spiro atoms. The monoisotopic (exact) mass is 278 g/mol. The van der Waals surface area contributed by atoms with Crippen molar-refractivity contribution in [3.8, 4) is 0 Å². The minimum atomic E-state index is -1.05. The largest absolute Gasteiger partial charge is 0.481 e. The van der Waals surface area contributed by atoms with Crippen molar-refractivity contribution in [3.63, 3.8) is 0 Å². The van der Waals surface area contributed by atoms with Gasteiger partial charge < -0.3 is 15.2 Å². The van der Waals surface area contributed by atoms with E-state index < -0.39 is 17.4 Å². The Bertz CT molecular complexity index is 491. The maximum absolute atomic E-state index is 11.9. The molecule has 1 aromatic heterocycles. The van der Waals surface area contributed by atoms with E-state index in [-0.39, 0.29) is 19.1 Å². The molecule has 108 valence electrons. The summed E-state index contributed by atoms with van der Waals surface area (Å²) < 4.78 is 5.19. The molecule has 1 aromatic rings. The van der Waals surface area contributed by atoms with Gasteiger partial charge in [0.05, 0.1) is 19.3 Å². The van der Waals surface area contributed by atoms with Gasteiger partial charge in [-0.1, -0.05) is 0 Å². The van der Waals surface area contributed by atoms with Crippen LogP contribution in [0.2, 0.25) is 0 Å². The number of hydrogen-bond donors (Lipinski definition) is 2. The summed E-state index contributed by atoms with van der Waals surface area (Å²) in [6.07, 6.45) is 4.28. The van der Waals surface area contributed by atoms with Crippen LogP contribution in [-0.2, 0) is 20.7 Å². The lowest BCUT2D eigenvalue weighted by Crippen LogP contribution is -2.49. The predicted molar refractivity (Wildman–Crippen MR) is 71.1 cm³/mol. The molecule has 0 radical (unpaired) electrons. The first-order valence-electron chi connectivity index (χ1n) is 6.52. The Labute approximate surface area is 117 Å². The van der Waals surface area contributed by atoms with Crippen LogP contribution in [0.4, 0.5) is 0 Å². The summed E-state index contributed by atoms with van der Waals surface area (Å²) in [6, 6.07) is 3.23. The zero-order valence-electron chi connectivity index (χ0n) is 11.3. The summed E-state index contributed by atoms with van der Waals surface area (Å²) in [6.45, 7) is 1.96. The molecule has 1 saturated heterocycles. The lowest BCUT2D eigenvalue weighted by molar-refractivity contribution is -0.149. The fraction of sp³-hybridized carbons (Fsp3) is 0.500. The first-order valence-corrected chi connectivity index (χ1v) is 6.52. The van der Waals surface area contributed by atoms with Gasteiger partial charge in [-0.3, -0.25) is 14.6 Å².